The second-order valence-corrected chi connectivity index (χ2v) is 6.05. The second kappa shape index (κ2) is 5.73. The van der Waals surface area contributed by atoms with Gasteiger partial charge in [0.15, 0.2) is 11.6 Å². The Morgan fingerprint density at radius 2 is 1.70 bits per heavy atom. The molecule has 0 radical (unpaired) electrons. The molecule has 2 aromatic carbocycles. The van der Waals surface area contributed by atoms with Crippen molar-refractivity contribution in [2.24, 2.45) is 0 Å². The summed E-state index contributed by atoms with van der Waals surface area (Å²) in [5.41, 5.74) is 8.39. The van der Waals surface area contributed by atoms with E-state index in [-0.39, 0.29) is 0 Å². The molecule has 3 N–H and O–H groups in total. The summed E-state index contributed by atoms with van der Waals surface area (Å²) in [5, 5.41) is 0.779. The molecule has 0 aliphatic heterocycles. The topological polar surface area (TPSA) is 80.5 Å². The number of benzene rings is 2. The van der Waals surface area contributed by atoms with Crippen molar-refractivity contribution in [3.63, 3.8) is 0 Å². The molecular weight excluding hydrogens is 306 g/mol. The quantitative estimate of drug-likeness (QED) is 0.601. The minimum absolute atomic E-state index is 0.362. The van der Waals surface area contributed by atoms with Crippen LogP contribution in [0.2, 0.25) is 0 Å². The van der Waals surface area contributed by atoms with Crippen LogP contribution in [0.4, 0.5) is 5.82 Å². The van der Waals surface area contributed by atoms with Gasteiger partial charge in [-0.3, -0.25) is 0 Å². The number of anilines is 1. The van der Waals surface area contributed by atoms with E-state index in [2.05, 4.69) is 19.9 Å². The third-order valence-electron chi connectivity index (χ3n) is 3.36. The Bertz CT molecular complexity index is 932. The largest absolute Gasteiger partial charge is 0.382 e. The molecule has 0 spiro atoms. The number of para-hydroxylation sites is 2. The van der Waals surface area contributed by atoms with Gasteiger partial charge in [0.25, 0.3) is 0 Å². The summed E-state index contributed by atoms with van der Waals surface area (Å²) >= 11 is 1.54. The van der Waals surface area contributed by atoms with E-state index in [0.717, 1.165) is 21.0 Å². The Hall–Kier alpha value is -2.86. The lowest BCUT2D eigenvalue weighted by atomic mass is 10.3. The smallest absolute Gasteiger partial charge is 0.161 e. The Morgan fingerprint density at radius 3 is 2.52 bits per heavy atom. The van der Waals surface area contributed by atoms with Crippen molar-refractivity contribution in [3.05, 3.63) is 60.8 Å². The maximum atomic E-state index is 5.99. The van der Waals surface area contributed by atoms with Crippen LogP contribution in [0.3, 0.4) is 0 Å². The minimum atomic E-state index is 0.362. The molecule has 0 aliphatic carbocycles. The molecular formula is C17H13N5S. The molecule has 5 nitrogen and oxygen atoms in total. The number of hydrogen-bond donors (Lipinski definition) is 2. The molecule has 4 aromatic rings. The molecule has 0 saturated carbocycles. The first-order valence-electron chi connectivity index (χ1n) is 7.10. The molecule has 0 aliphatic rings. The average molecular weight is 319 g/mol. The van der Waals surface area contributed by atoms with E-state index in [0.29, 0.717) is 17.3 Å². The van der Waals surface area contributed by atoms with Crippen molar-refractivity contribution >= 4 is 28.6 Å². The first kappa shape index (κ1) is 13.8. The third-order valence-corrected chi connectivity index (χ3v) is 4.27. The highest BCUT2D eigenvalue weighted by molar-refractivity contribution is 7.99. The highest BCUT2D eigenvalue weighted by Gasteiger charge is 2.12. The van der Waals surface area contributed by atoms with Gasteiger partial charge in [-0.2, -0.15) is 0 Å². The molecule has 0 atom stereocenters. The van der Waals surface area contributed by atoms with Gasteiger partial charge in [-0.25, -0.2) is 15.0 Å². The summed E-state index contributed by atoms with van der Waals surface area (Å²) < 4.78 is 0. The summed E-state index contributed by atoms with van der Waals surface area (Å²) in [7, 11) is 0. The highest BCUT2D eigenvalue weighted by Crippen LogP contribution is 2.29. The van der Waals surface area contributed by atoms with Gasteiger partial charge in [-0.05, 0) is 24.3 Å². The van der Waals surface area contributed by atoms with Crippen LogP contribution in [-0.4, -0.2) is 19.9 Å². The van der Waals surface area contributed by atoms with Gasteiger partial charge in [-0.15, -0.1) is 0 Å². The van der Waals surface area contributed by atoms with Crippen LogP contribution >= 0.6 is 11.8 Å². The number of aromatic amines is 1. The number of nitrogens with one attached hydrogen (secondary N) is 1. The van der Waals surface area contributed by atoms with E-state index in [1.165, 1.54) is 0 Å². The number of imidazole rings is 1. The van der Waals surface area contributed by atoms with Gasteiger partial charge in [0.2, 0.25) is 0 Å². The average Bonchev–Trinajstić information content (AvgIpc) is 3.01. The molecule has 4 rings (SSSR count). The standard InChI is InChI=1S/C17H13N5S/c18-16-15(17-20-12-8-4-5-9-13(12)21-17)22-14(10-19-16)23-11-6-2-1-3-7-11/h1-10H,(H2,18,19)(H,20,21). The Balaban J connectivity index is 1.74. The highest BCUT2D eigenvalue weighted by atomic mass is 32.2. The normalized spacial score (nSPS) is 11.0. The van der Waals surface area contributed by atoms with Gasteiger partial charge < -0.3 is 10.7 Å². The number of fused-ring (bicyclic) bond motifs is 1. The number of nitrogens with two attached hydrogens (primary N) is 1. The second-order valence-electron chi connectivity index (χ2n) is 4.96. The van der Waals surface area contributed by atoms with Crippen LogP contribution in [0.15, 0.2) is 70.7 Å². The van der Waals surface area contributed by atoms with Gasteiger partial charge in [0.05, 0.1) is 17.2 Å². The molecule has 2 aromatic heterocycles. The molecule has 0 fully saturated rings. The SMILES string of the molecule is Nc1ncc(Sc2ccccc2)nc1-c1nc2ccccc2[nH]1. The van der Waals surface area contributed by atoms with Crippen molar-refractivity contribution in [2.45, 2.75) is 9.92 Å². The fraction of sp³-hybridized carbons (Fsp3) is 0. The summed E-state index contributed by atoms with van der Waals surface area (Å²) in [6, 6.07) is 17.9. The van der Waals surface area contributed by atoms with Crippen molar-refractivity contribution in [2.75, 3.05) is 5.73 Å². The van der Waals surface area contributed by atoms with Crippen LogP contribution in [-0.2, 0) is 0 Å². The third kappa shape index (κ3) is 2.76. The van der Waals surface area contributed by atoms with Crippen LogP contribution < -0.4 is 5.73 Å². The molecule has 0 amide bonds. The fourth-order valence-electron chi connectivity index (χ4n) is 2.28. The zero-order valence-corrected chi connectivity index (χ0v) is 12.9. The molecule has 0 bridgehead atoms. The minimum Gasteiger partial charge on any atom is -0.382 e. The van der Waals surface area contributed by atoms with Crippen molar-refractivity contribution in [1.82, 2.24) is 19.9 Å². The molecule has 0 saturated heterocycles. The molecule has 23 heavy (non-hydrogen) atoms. The first-order chi connectivity index (χ1) is 11.3. The zero-order valence-electron chi connectivity index (χ0n) is 12.1. The van der Waals surface area contributed by atoms with Crippen molar-refractivity contribution < 1.29 is 0 Å². The number of rotatable bonds is 3. The maximum absolute atomic E-state index is 5.99. The molecule has 2 heterocycles. The predicted molar refractivity (Wildman–Crippen MR) is 92.1 cm³/mol. The number of H-pyrrole nitrogens is 1. The Labute approximate surface area is 137 Å². The van der Waals surface area contributed by atoms with Gasteiger partial charge in [0, 0.05) is 4.90 Å². The lowest BCUT2D eigenvalue weighted by Crippen LogP contribution is -1.99. The summed E-state index contributed by atoms with van der Waals surface area (Å²) in [4.78, 5) is 17.8. The first-order valence-corrected chi connectivity index (χ1v) is 7.92. The monoisotopic (exact) mass is 319 g/mol. The summed E-state index contributed by atoms with van der Waals surface area (Å²) in [6.45, 7) is 0. The number of nitrogens with zero attached hydrogens (tertiary/aromatic N) is 3. The lowest BCUT2D eigenvalue weighted by Gasteiger charge is -2.04. The zero-order chi connectivity index (χ0) is 15.6. The summed E-state index contributed by atoms with van der Waals surface area (Å²) in [6.07, 6.45) is 1.68. The lowest BCUT2D eigenvalue weighted by molar-refractivity contribution is 1.05. The van der Waals surface area contributed by atoms with Crippen LogP contribution in [0.5, 0.6) is 0 Å². The summed E-state index contributed by atoms with van der Waals surface area (Å²) in [5.74, 6) is 0.994. The Kier molecular flexibility index (Phi) is 3.44. The van der Waals surface area contributed by atoms with E-state index in [1.54, 1.807) is 18.0 Å². The van der Waals surface area contributed by atoms with E-state index >= 15 is 0 Å². The number of aromatic nitrogens is 4. The predicted octanol–water partition coefficient (Wildman–Crippen LogP) is 3.75. The molecule has 6 heteroatoms. The van der Waals surface area contributed by atoms with Crippen LogP contribution in [0, 0.1) is 0 Å². The van der Waals surface area contributed by atoms with E-state index in [1.807, 2.05) is 54.6 Å². The van der Waals surface area contributed by atoms with E-state index < -0.39 is 0 Å². The molecule has 0 unspecified atom stereocenters. The fourth-order valence-corrected chi connectivity index (χ4v) is 3.06. The van der Waals surface area contributed by atoms with Gasteiger partial charge in [-0.1, -0.05) is 42.1 Å². The van der Waals surface area contributed by atoms with E-state index in [4.69, 9.17) is 5.73 Å². The van der Waals surface area contributed by atoms with Gasteiger partial charge in [0.1, 0.15) is 10.7 Å². The Morgan fingerprint density at radius 1 is 0.913 bits per heavy atom. The number of nitrogen functional groups attached to an aromatic ring is 1. The van der Waals surface area contributed by atoms with Crippen molar-refractivity contribution in [1.29, 1.82) is 0 Å². The van der Waals surface area contributed by atoms with Crippen LogP contribution in [0.1, 0.15) is 0 Å². The van der Waals surface area contributed by atoms with Gasteiger partial charge >= 0.3 is 0 Å². The van der Waals surface area contributed by atoms with Crippen LogP contribution in [0.25, 0.3) is 22.6 Å². The molecule has 112 valence electrons. The van der Waals surface area contributed by atoms with E-state index in [9.17, 15) is 0 Å². The van der Waals surface area contributed by atoms with Crippen molar-refractivity contribution in [3.8, 4) is 11.5 Å². The maximum Gasteiger partial charge on any atom is 0.161 e. The number of hydrogen-bond acceptors (Lipinski definition) is 5.